The molecular formula is C20H28O7. The fourth-order valence-corrected chi connectivity index (χ4v) is 8.04. The Morgan fingerprint density at radius 1 is 1.07 bits per heavy atom. The molecule has 0 aromatic rings. The van der Waals surface area contributed by atoms with Crippen LogP contribution >= 0.6 is 0 Å². The average Bonchev–Trinajstić information content (AvgIpc) is 2.70. The molecule has 0 aromatic carbocycles. The number of hydrogen-bond donors (Lipinski definition) is 5. The summed E-state index contributed by atoms with van der Waals surface area (Å²) in [5, 5.41) is 55.8. The fraction of sp³-hybridized carbons (Fsp3) is 0.850. The van der Waals surface area contributed by atoms with Crippen LogP contribution in [0.3, 0.4) is 0 Å². The Morgan fingerprint density at radius 3 is 2.41 bits per heavy atom. The molecule has 0 aromatic heterocycles. The van der Waals surface area contributed by atoms with Crippen molar-refractivity contribution in [3.05, 3.63) is 12.2 Å². The molecule has 0 amide bonds. The maximum absolute atomic E-state index is 13.4. The Kier molecular flexibility index (Phi) is 3.26. The van der Waals surface area contributed by atoms with Gasteiger partial charge in [-0.15, -0.1) is 0 Å². The van der Waals surface area contributed by atoms with Crippen LogP contribution < -0.4 is 0 Å². The van der Waals surface area contributed by atoms with Gasteiger partial charge in [0.1, 0.15) is 11.5 Å². The molecule has 2 saturated heterocycles. The maximum Gasteiger partial charge on any atom is 0.208 e. The number of carbonyl (C=O) groups is 1. The van der Waals surface area contributed by atoms with Gasteiger partial charge in [0.15, 0.2) is 5.78 Å². The lowest BCUT2D eigenvalue weighted by atomic mass is 9.35. The maximum atomic E-state index is 13.4. The van der Waals surface area contributed by atoms with Crippen LogP contribution in [0.4, 0.5) is 0 Å². The van der Waals surface area contributed by atoms with Crippen molar-refractivity contribution in [2.75, 3.05) is 6.61 Å². The number of aliphatic hydroxyl groups excluding tert-OH is 4. The van der Waals surface area contributed by atoms with Gasteiger partial charge in [-0.1, -0.05) is 20.4 Å². The SMILES string of the molecule is C=C1C(=O)[C@]23[C@H](O)[C@H]1CC[C@H]2[C@@]12COC3(O)[C@@H](O)[C@@H]1C(C)(C)C[C@H](O)[C@H]2O. The topological polar surface area (TPSA) is 127 Å². The summed E-state index contributed by atoms with van der Waals surface area (Å²) < 4.78 is 5.74. The van der Waals surface area contributed by atoms with Crippen LogP contribution in [0.2, 0.25) is 0 Å². The minimum absolute atomic E-state index is 0.0730. The molecule has 4 saturated carbocycles. The van der Waals surface area contributed by atoms with E-state index in [1.165, 1.54) is 0 Å². The van der Waals surface area contributed by atoms with E-state index in [0.29, 0.717) is 12.8 Å². The first-order valence-corrected chi connectivity index (χ1v) is 9.80. The van der Waals surface area contributed by atoms with E-state index in [9.17, 15) is 30.3 Å². The van der Waals surface area contributed by atoms with Gasteiger partial charge in [-0.25, -0.2) is 0 Å². The Labute approximate surface area is 157 Å². The highest BCUT2D eigenvalue weighted by Crippen LogP contribution is 2.76. The molecule has 2 spiro atoms. The van der Waals surface area contributed by atoms with Gasteiger partial charge in [0.05, 0.1) is 24.9 Å². The number of ketones is 1. The number of Topliss-reactive ketones (excluding diaryl/α,β-unsaturated/α-hetero) is 1. The Balaban J connectivity index is 1.82. The molecule has 5 N–H and O–H groups in total. The predicted octanol–water partition coefficient (Wildman–Crippen LogP) is -0.654. The number of aliphatic hydroxyl groups is 5. The lowest BCUT2D eigenvalue weighted by Gasteiger charge is -2.75. The zero-order valence-electron chi connectivity index (χ0n) is 15.6. The summed E-state index contributed by atoms with van der Waals surface area (Å²) in [5.74, 6) is -4.39. The average molecular weight is 380 g/mol. The first kappa shape index (κ1) is 18.2. The van der Waals surface area contributed by atoms with Crippen molar-refractivity contribution in [3.8, 4) is 0 Å². The van der Waals surface area contributed by atoms with E-state index in [2.05, 4.69) is 6.58 Å². The minimum Gasteiger partial charge on any atom is -0.391 e. The first-order valence-electron chi connectivity index (χ1n) is 9.80. The van der Waals surface area contributed by atoms with E-state index < -0.39 is 70.0 Å². The largest absolute Gasteiger partial charge is 0.391 e. The Morgan fingerprint density at radius 2 is 1.74 bits per heavy atom. The number of fused-ring (bicyclic) bond motifs is 2. The zero-order valence-corrected chi connectivity index (χ0v) is 15.6. The van der Waals surface area contributed by atoms with Crippen molar-refractivity contribution in [3.63, 3.8) is 0 Å². The van der Waals surface area contributed by atoms with Crippen LogP contribution in [-0.2, 0) is 9.53 Å². The summed E-state index contributed by atoms with van der Waals surface area (Å²) in [5.41, 5.74) is -3.23. The van der Waals surface area contributed by atoms with Gasteiger partial charge in [-0.2, -0.15) is 0 Å². The number of carbonyl (C=O) groups excluding carboxylic acids is 1. The smallest absolute Gasteiger partial charge is 0.208 e. The van der Waals surface area contributed by atoms with Gasteiger partial charge < -0.3 is 30.3 Å². The zero-order chi connectivity index (χ0) is 19.7. The van der Waals surface area contributed by atoms with Crippen molar-refractivity contribution in [2.45, 2.75) is 63.3 Å². The monoisotopic (exact) mass is 380 g/mol. The van der Waals surface area contributed by atoms with E-state index >= 15 is 0 Å². The molecule has 2 aliphatic heterocycles. The van der Waals surface area contributed by atoms with Crippen LogP contribution in [0.25, 0.3) is 0 Å². The van der Waals surface area contributed by atoms with Crippen molar-refractivity contribution < 1.29 is 35.1 Å². The molecule has 6 aliphatic rings. The summed E-state index contributed by atoms with van der Waals surface area (Å²) in [6, 6.07) is 0. The van der Waals surface area contributed by atoms with E-state index in [1.54, 1.807) is 0 Å². The first-order chi connectivity index (χ1) is 12.5. The highest BCUT2D eigenvalue weighted by Gasteiger charge is 2.87. The third kappa shape index (κ3) is 1.56. The molecule has 4 bridgehead atoms. The molecule has 27 heavy (non-hydrogen) atoms. The van der Waals surface area contributed by atoms with Crippen molar-refractivity contribution in [1.29, 1.82) is 0 Å². The van der Waals surface area contributed by atoms with E-state index in [4.69, 9.17) is 4.74 Å². The second-order valence-corrected chi connectivity index (χ2v) is 10.1. The van der Waals surface area contributed by atoms with Crippen molar-refractivity contribution >= 4 is 5.78 Å². The van der Waals surface area contributed by atoms with Crippen LogP contribution in [0.15, 0.2) is 12.2 Å². The number of rotatable bonds is 0. The number of ether oxygens (including phenoxy) is 1. The van der Waals surface area contributed by atoms with Gasteiger partial charge in [0.2, 0.25) is 5.79 Å². The van der Waals surface area contributed by atoms with Crippen LogP contribution in [-0.4, -0.2) is 68.1 Å². The third-order valence-electron chi connectivity index (χ3n) is 8.85. The molecule has 150 valence electrons. The molecule has 7 nitrogen and oxygen atoms in total. The Bertz CT molecular complexity index is 749. The molecule has 7 heteroatoms. The minimum atomic E-state index is -2.24. The second kappa shape index (κ2) is 4.83. The van der Waals surface area contributed by atoms with E-state index in [0.717, 1.165) is 0 Å². The van der Waals surface area contributed by atoms with Crippen molar-refractivity contribution in [1.82, 2.24) is 0 Å². The fourth-order valence-electron chi connectivity index (χ4n) is 8.04. The van der Waals surface area contributed by atoms with E-state index in [-0.39, 0.29) is 18.6 Å². The lowest BCUT2D eigenvalue weighted by molar-refractivity contribution is -0.462. The summed E-state index contributed by atoms with van der Waals surface area (Å²) in [6.07, 6.45) is -3.70. The van der Waals surface area contributed by atoms with Crippen LogP contribution in [0.1, 0.15) is 33.1 Å². The third-order valence-corrected chi connectivity index (χ3v) is 8.85. The second-order valence-electron chi connectivity index (χ2n) is 10.1. The summed E-state index contributed by atoms with van der Waals surface area (Å²) in [4.78, 5) is 13.4. The van der Waals surface area contributed by atoms with E-state index in [1.807, 2.05) is 13.8 Å². The molecule has 1 unspecified atom stereocenters. The molecule has 10 atom stereocenters. The van der Waals surface area contributed by atoms with Gasteiger partial charge >= 0.3 is 0 Å². The van der Waals surface area contributed by atoms with Gasteiger partial charge in [-0.05, 0) is 36.2 Å². The molecule has 2 heterocycles. The quantitative estimate of drug-likeness (QED) is 0.353. The molecule has 4 aliphatic carbocycles. The highest BCUT2D eigenvalue weighted by atomic mass is 16.6. The normalized spacial score (nSPS) is 60.9. The molecule has 6 rings (SSSR count). The Hall–Kier alpha value is -0.830. The highest BCUT2D eigenvalue weighted by molar-refractivity contribution is 6.05. The lowest BCUT2D eigenvalue weighted by Crippen LogP contribution is -2.86. The van der Waals surface area contributed by atoms with Gasteiger partial charge in [0, 0.05) is 17.3 Å². The van der Waals surface area contributed by atoms with Crippen LogP contribution in [0, 0.1) is 34.0 Å². The summed E-state index contributed by atoms with van der Waals surface area (Å²) in [6.45, 7) is 7.56. The van der Waals surface area contributed by atoms with Crippen LogP contribution in [0.5, 0.6) is 0 Å². The predicted molar refractivity (Wildman–Crippen MR) is 92.0 cm³/mol. The van der Waals surface area contributed by atoms with Crippen molar-refractivity contribution in [2.24, 2.45) is 34.0 Å². The molecular weight excluding hydrogens is 352 g/mol. The molecule has 0 radical (unpaired) electrons. The van der Waals surface area contributed by atoms with Gasteiger partial charge in [-0.3, -0.25) is 4.79 Å². The standard InChI is InChI=1S/C20H28O7/c1-8-9-4-5-11-18-7-27-20(26,19(11,13(8)22)14(9)23)16(25)12(18)17(2,3)6-10(21)15(18)24/h9-12,14-16,21,23-26H,1,4-7H2,2-3H3/t9-,10-,11-,12+,14+,15+,16-,18-,19-,20?/m0/s1. The summed E-state index contributed by atoms with van der Waals surface area (Å²) in [7, 11) is 0. The molecule has 6 fully saturated rings. The number of hydrogen-bond acceptors (Lipinski definition) is 7. The van der Waals surface area contributed by atoms with Gasteiger partial charge in [0.25, 0.3) is 0 Å². The summed E-state index contributed by atoms with van der Waals surface area (Å²) >= 11 is 0.